The van der Waals surface area contributed by atoms with Crippen molar-refractivity contribution in [3.8, 4) is 0 Å². The minimum absolute atomic E-state index is 0.210. The van der Waals surface area contributed by atoms with Gasteiger partial charge in [-0.1, -0.05) is 20.8 Å². The highest BCUT2D eigenvalue weighted by molar-refractivity contribution is 5.16. The average molecular weight is 392 g/mol. The second-order valence-corrected chi connectivity index (χ2v) is 11.7. The van der Waals surface area contributed by atoms with E-state index < -0.39 is 0 Å². The lowest BCUT2D eigenvalue weighted by Crippen LogP contribution is -2.65. The summed E-state index contributed by atoms with van der Waals surface area (Å²) in [7, 11) is 0. The molecule has 4 heteroatoms. The summed E-state index contributed by atoms with van der Waals surface area (Å²) in [6, 6.07) is 0.963. The highest BCUT2D eigenvalue weighted by Gasteiger charge is 2.64. The Morgan fingerprint density at radius 2 is 1.75 bits per heavy atom. The zero-order valence-electron chi connectivity index (χ0n) is 18.4. The summed E-state index contributed by atoms with van der Waals surface area (Å²) in [6.45, 7) is 7.76. The van der Waals surface area contributed by atoms with Gasteiger partial charge in [-0.2, -0.15) is 0 Å². The molecule has 0 spiro atoms. The predicted molar refractivity (Wildman–Crippen MR) is 115 cm³/mol. The van der Waals surface area contributed by atoms with E-state index in [-0.39, 0.29) is 11.5 Å². The van der Waals surface area contributed by atoms with Gasteiger partial charge in [-0.05, 0) is 104 Å². The standard InChI is InChI=1S/C24H45N3O/c1-14(5-4-10-28)17-6-7-18-22-19(13-21(27)24(17,18)3)23(2)9-8-16(25)11-15(23)12-20(22)26/h14-22,28H,4-13,25-27H2,1-3H3/t14-,15+,16-,17?,18+,19+,20-,21+,22+,23+,24-/m1/s1. The van der Waals surface area contributed by atoms with Crippen molar-refractivity contribution in [2.75, 3.05) is 6.61 Å². The van der Waals surface area contributed by atoms with Crippen LogP contribution >= 0.6 is 0 Å². The Labute approximate surface area is 172 Å². The number of hydrogen-bond acceptors (Lipinski definition) is 4. The second kappa shape index (κ2) is 7.51. The number of nitrogens with two attached hydrogens (primary N) is 3. The van der Waals surface area contributed by atoms with Gasteiger partial charge in [0.15, 0.2) is 0 Å². The van der Waals surface area contributed by atoms with Crippen LogP contribution in [0.1, 0.15) is 78.6 Å². The fraction of sp³-hybridized carbons (Fsp3) is 1.00. The smallest absolute Gasteiger partial charge is 0.0431 e. The van der Waals surface area contributed by atoms with Crippen molar-refractivity contribution in [1.82, 2.24) is 0 Å². The topological polar surface area (TPSA) is 98.3 Å². The van der Waals surface area contributed by atoms with Gasteiger partial charge >= 0.3 is 0 Å². The van der Waals surface area contributed by atoms with Crippen molar-refractivity contribution < 1.29 is 5.11 Å². The van der Waals surface area contributed by atoms with E-state index in [1.54, 1.807) is 0 Å². The molecular formula is C24H45N3O. The van der Waals surface area contributed by atoms with Crippen LogP contribution in [0.3, 0.4) is 0 Å². The maximum Gasteiger partial charge on any atom is 0.0431 e. The molecule has 4 rings (SSSR count). The van der Waals surface area contributed by atoms with Gasteiger partial charge in [0.2, 0.25) is 0 Å². The van der Waals surface area contributed by atoms with E-state index in [9.17, 15) is 5.11 Å². The van der Waals surface area contributed by atoms with Crippen molar-refractivity contribution in [1.29, 1.82) is 0 Å². The fourth-order valence-electron chi connectivity index (χ4n) is 8.99. The summed E-state index contributed by atoms with van der Waals surface area (Å²) < 4.78 is 0. The lowest BCUT2D eigenvalue weighted by molar-refractivity contribution is -0.132. The Hall–Kier alpha value is -0.160. The summed E-state index contributed by atoms with van der Waals surface area (Å²) in [5, 5.41) is 9.30. The molecule has 0 aliphatic heterocycles. The molecule has 0 heterocycles. The van der Waals surface area contributed by atoms with E-state index >= 15 is 0 Å². The van der Waals surface area contributed by atoms with Gasteiger partial charge < -0.3 is 22.3 Å². The minimum Gasteiger partial charge on any atom is -0.396 e. The molecule has 11 atom stereocenters. The molecule has 7 N–H and O–H groups in total. The van der Waals surface area contributed by atoms with Gasteiger partial charge in [0, 0.05) is 24.7 Å². The molecule has 1 unspecified atom stereocenters. The average Bonchev–Trinajstić information content (AvgIpc) is 3.01. The van der Waals surface area contributed by atoms with E-state index in [0.29, 0.717) is 59.6 Å². The number of aliphatic hydroxyl groups is 1. The third-order valence-corrected chi connectivity index (χ3v) is 10.6. The van der Waals surface area contributed by atoms with Crippen LogP contribution in [0.4, 0.5) is 0 Å². The number of fused-ring (bicyclic) bond motifs is 5. The van der Waals surface area contributed by atoms with E-state index in [1.165, 1.54) is 25.7 Å². The van der Waals surface area contributed by atoms with Crippen LogP contribution in [0.15, 0.2) is 0 Å². The molecular weight excluding hydrogens is 346 g/mol. The molecule has 0 aromatic carbocycles. The third kappa shape index (κ3) is 3.01. The molecule has 0 aromatic heterocycles. The predicted octanol–water partition coefficient (Wildman–Crippen LogP) is 3.26. The van der Waals surface area contributed by atoms with E-state index in [2.05, 4.69) is 20.8 Å². The first-order valence-electron chi connectivity index (χ1n) is 12.1. The molecule has 4 fully saturated rings. The molecule has 0 radical (unpaired) electrons. The summed E-state index contributed by atoms with van der Waals surface area (Å²) in [5.74, 6) is 3.98. The Kier molecular flexibility index (Phi) is 5.66. The van der Waals surface area contributed by atoms with Gasteiger partial charge in [0.05, 0.1) is 0 Å². The van der Waals surface area contributed by atoms with Crippen molar-refractivity contribution >= 4 is 0 Å². The van der Waals surface area contributed by atoms with Crippen molar-refractivity contribution in [3.63, 3.8) is 0 Å². The first-order valence-corrected chi connectivity index (χ1v) is 12.1. The number of hydrogen-bond donors (Lipinski definition) is 4. The highest BCUT2D eigenvalue weighted by atomic mass is 16.2. The van der Waals surface area contributed by atoms with Gasteiger partial charge in [0.25, 0.3) is 0 Å². The van der Waals surface area contributed by atoms with Crippen LogP contribution in [0.5, 0.6) is 0 Å². The maximum absolute atomic E-state index is 9.30. The maximum atomic E-state index is 9.30. The summed E-state index contributed by atoms with van der Waals surface area (Å²) in [5.41, 5.74) is 21.0. The van der Waals surface area contributed by atoms with E-state index in [4.69, 9.17) is 17.2 Å². The minimum atomic E-state index is 0.210. The van der Waals surface area contributed by atoms with Crippen molar-refractivity contribution in [2.45, 2.75) is 96.7 Å². The van der Waals surface area contributed by atoms with Crippen LogP contribution in [-0.4, -0.2) is 29.8 Å². The van der Waals surface area contributed by atoms with Gasteiger partial charge in [-0.15, -0.1) is 0 Å². The first kappa shape index (κ1) is 21.1. The Morgan fingerprint density at radius 3 is 2.46 bits per heavy atom. The van der Waals surface area contributed by atoms with Gasteiger partial charge in [-0.3, -0.25) is 0 Å². The quantitative estimate of drug-likeness (QED) is 0.591. The first-order chi connectivity index (χ1) is 13.2. The summed E-state index contributed by atoms with van der Waals surface area (Å²) in [4.78, 5) is 0. The Balaban J connectivity index is 1.62. The normalized spacial score (nSPS) is 54.5. The van der Waals surface area contributed by atoms with Crippen LogP contribution in [0, 0.1) is 46.3 Å². The number of rotatable bonds is 4. The van der Waals surface area contributed by atoms with Crippen LogP contribution in [0.25, 0.3) is 0 Å². The zero-order chi connectivity index (χ0) is 20.3. The van der Waals surface area contributed by atoms with Crippen LogP contribution in [0.2, 0.25) is 0 Å². The molecule has 4 saturated carbocycles. The SMILES string of the molecule is C[C@H](CCCO)C1CC[C@H]2[C@@H]3[C@H](N)C[C@@H]4C[C@H](N)CC[C@]4(C)[C@H]3C[C@H](N)[C@]12C. The molecule has 4 aliphatic rings. The third-order valence-electron chi connectivity index (χ3n) is 10.6. The molecule has 0 saturated heterocycles. The second-order valence-electron chi connectivity index (χ2n) is 11.7. The van der Waals surface area contributed by atoms with Crippen molar-refractivity contribution in [3.05, 3.63) is 0 Å². The lowest BCUT2D eigenvalue weighted by Gasteiger charge is -2.64. The monoisotopic (exact) mass is 391 g/mol. The summed E-state index contributed by atoms with van der Waals surface area (Å²) in [6.07, 6.45) is 10.5. The van der Waals surface area contributed by atoms with E-state index in [1.807, 2.05) is 0 Å². The lowest BCUT2D eigenvalue weighted by atomic mass is 9.42. The fourth-order valence-corrected chi connectivity index (χ4v) is 8.99. The number of aliphatic hydroxyl groups excluding tert-OH is 1. The van der Waals surface area contributed by atoms with Crippen molar-refractivity contribution in [2.24, 2.45) is 63.5 Å². The largest absolute Gasteiger partial charge is 0.396 e. The highest BCUT2D eigenvalue weighted by Crippen LogP contribution is 2.67. The molecule has 0 amide bonds. The molecule has 0 aromatic rings. The summed E-state index contributed by atoms with van der Waals surface area (Å²) >= 11 is 0. The molecule has 0 bridgehead atoms. The Bertz CT molecular complexity index is 570. The Morgan fingerprint density at radius 1 is 1.00 bits per heavy atom. The van der Waals surface area contributed by atoms with Gasteiger partial charge in [0.1, 0.15) is 0 Å². The zero-order valence-corrected chi connectivity index (χ0v) is 18.4. The van der Waals surface area contributed by atoms with Crippen LogP contribution < -0.4 is 17.2 Å². The molecule has 162 valence electrons. The van der Waals surface area contributed by atoms with Gasteiger partial charge in [-0.25, -0.2) is 0 Å². The van der Waals surface area contributed by atoms with Crippen LogP contribution in [-0.2, 0) is 0 Å². The molecule has 28 heavy (non-hydrogen) atoms. The molecule has 4 nitrogen and oxygen atoms in total. The van der Waals surface area contributed by atoms with E-state index in [0.717, 1.165) is 32.1 Å². The molecule has 4 aliphatic carbocycles.